The Morgan fingerprint density at radius 1 is 1.13 bits per heavy atom. The van der Waals surface area contributed by atoms with Crippen molar-refractivity contribution in [2.24, 2.45) is 0 Å². The average Bonchev–Trinajstić information content (AvgIpc) is 3.42. The van der Waals surface area contributed by atoms with Crippen LogP contribution in [0.3, 0.4) is 0 Å². The number of hydrogen-bond acceptors (Lipinski definition) is 7. The minimum absolute atomic E-state index is 0.0390. The lowest BCUT2D eigenvalue weighted by Crippen LogP contribution is -2.53. The molecule has 0 aliphatic carbocycles. The van der Waals surface area contributed by atoms with Gasteiger partial charge in [-0.05, 0) is 37.8 Å². The van der Waals surface area contributed by atoms with Gasteiger partial charge in [0.1, 0.15) is 5.69 Å². The van der Waals surface area contributed by atoms with Crippen molar-refractivity contribution >= 4 is 33.0 Å². The monoisotopic (exact) mass is 599 g/mol. The van der Waals surface area contributed by atoms with Gasteiger partial charge in [-0.3, -0.25) is 9.59 Å². The number of aryl methyl sites for hydroxylation is 1. The summed E-state index contributed by atoms with van der Waals surface area (Å²) in [4.78, 5) is 31.9. The molecule has 2 saturated heterocycles. The molecule has 1 aromatic heterocycles. The maximum atomic E-state index is 13.4. The van der Waals surface area contributed by atoms with Crippen molar-refractivity contribution in [3.05, 3.63) is 40.0 Å². The van der Waals surface area contributed by atoms with Crippen LogP contribution >= 0.6 is 11.3 Å². The van der Waals surface area contributed by atoms with Gasteiger partial charge in [-0.2, -0.15) is 26.3 Å². The average molecular weight is 600 g/mol. The number of halogens is 6. The maximum absolute atomic E-state index is 13.4. The number of carbonyl (C=O) groups is 2. The van der Waals surface area contributed by atoms with Crippen LogP contribution < -0.4 is 5.32 Å². The van der Waals surface area contributed by atoms with Gasteiger partial charge in [-0.25, -0.2) is 13.4 Å². The fourth-order valence-electron chi connectivity index (χ4n) is 4.64. The van der Waals surface area contributed by atoms with Gasteiger partial charge >= 0.3 is 12.4 Å². The molecule has 2 aromatic rings. The third-order valence-corrected chi connectivity index (χ3v) is 9.70. The van der Waals surface area contributed by atoms with Crippen molar-refractivity contribution < 1.29 is 49.5 Å². The van der Waals surface area contributed by atoms with Crippen LogP contribution in [0.1, 0.15) is 51.2 Å². The Hall–Kier alpha value is -2.72. The van der Waals surface area contributed by atoms with Gasteiger partial charge in [0.25, 0.3) is 17.4 Å². The minimum atomic E-state index is -6.07. The van der Waals surface area contributed by atoms with Gasteiger partial charge in [0, 0.05) is 18.2 Å². The zero-order valence-electron chi connectivity index (χ0n) is 20.5. The number of alkyl halides is 6. The summed E-state index contributed by atoms with van der Waals surface area (Å²) in [7, 11) is -3.25. The van der Waals surface area contributed by atoms with Gasteiger partial charge in [-0.15, -0.1) is 11.3 Å². The Kier molecular flexibility index (Phi) is 7.30. The molecule has 2 aliphatic rings. The molecule has 0 radical (unpaired) electrons. The van der Waals surface area contributed by atoms with Crippen LogP contribution in [-0.2, 0) is 15.4 Å². The van der Waals surface area contributed by atoms with E-state index in [4.69, 9.17) is 0 Å². The Labute approximate surface area is 222 Å². The van der Waals surface area contributed by atoms with E-state index in [-0.39, 0.29) is 44.3 Å². The Morgan fingerprint density at radius 3 is 2.23 bits per heavy atom. The predicted octanol–water partition coefficient (Wildman–Crippen LogP) is 3.58. The van der Waals surface area contributed by atoms with Crippen molar-refractivity contribution in [2.75, 3.05) is 18.1 Å². The van der Waals surface area contributed by atoms with Crippen molar-refractivity contribution in [2.45, 2.75) is 56.7 Å². The highest BCUT2D eigenvalue weighted by Gasteiger charge is 2.71. The summed E-state index contributed by atoms with van der Waals surface area (Å²) in [5, 5.41) is 12.0. The number of amides is 2. The van der Waals surface area contributed by atoms with E-state index in [2.05, 4.69) is 10.3 Å². The quantitative estimate of drug-likeness (QED) is 0.508. The molecule has 2 N–H and O–H groups in total. The van der Waals surface area contributed by atoms with Crippen LogP contribution in [0.4, 0.5) is 26.3 Å². The van der Waals surface area contributed by atoms with E-state index in [1.807, 2.05) is 0 Å². The van der Waals surface area contributed by atoms with Crippen LogP contribution in [0.5, 0.6) is 0 Å². The Balaban J connectivity index is 1.77. The summed E-state index contributed by atoms with van der Waals surface area (Å²) >= 11 is 0.697. The molecule has 214 valence electrons. The Morgan fingerprint density at radius 2 is 1.74 bits per heavy atom. The molecule has 39 heavy (non-hydrogen) atoms. The first-order chi connectivity index (χ1) is 17.9. The zero-order valence-corrected chi connectivity index (χ0v) is 22.1. The standard InChI is InChI=1S/C23H23F6N3O5S2/c1-11-8-13(21(35,22(24,25)26)23(27,28)29)5-6-15(11)17-16(20(34)32-7-3-4-12(32)2)31-19(38-17)18(33)30-14-9-39(36,37)10-14/h5-6,8,12,14,35H,3-4,7,9-10H2,1-2H3,(H,30,33)/t12-/m0/s1. The molecule has 0 bridgehead atoms. The van der Waals surface area contributed by atoms with Crippen molar-refractivity contribution in [1.82, 2.24) is 15.2 Å². The van der Waals surface area contributed by atoms with E-state index in [0.717, 1.165) is 6.07 Å². The summed E-state index contributed by atoms with van der Waals surface area (Å²) in [6.07, 6.45) is -10.7. The number of sulfone groups is 1. The van der Waals surface area contributed by atoms with E-state index in [0.29, 0.717) is 42.9 Å². The molecular formula is C23H23F6N3O5S2. The number of thiazole rings is 1. The molecule has 0 unspecified atom stereocenters. The number of nitrogens with one attached hydrogen (secondary N) is 1. The fourth-order valence-corrected chi connectivity index (χ4v) is 6.99. The molecule has 2 aliphatic heterocycles. The third kappa shape index (κ3) is 5.25. The number of aliphatic hydroxyl groups is 1. The molecule has 4 rings (SSSR count). The van der Waals surface area contributed by atoms with Gasteiger partial charge in [-0.1, -0.05) is 18.2 Å². The largest absolute Gasteiger partial charge is 0.430 e. The second kappa shape index (κ2) is 9.73. The molecule has 3 heterocycles. The smallest absolute Gasteiger partial charge is 0.369 e. The van der Waals surface area contributed by atoms with E-state index in [9.17, 15) is 49.5 Å². The Bertz CT molecular complexity index is 1390. The lowest BCUT2D eigenvalue weighted by Gasteiger charge is -2.33. The van der Waals surface area contributed by atoms with Crippen LogP contribution in [0, 0.1) is 6.92 Å². The van der Waals surface area contributed by atoms with E-state index in [1.54, 1.807) is 6.92 Å². The normalized spacial score (nSPS) is 20.1. The SMILES string of the molecule is Cc1cc(C(O)(C(F)(F)F)C(F)(F)F)ccc1-c1sc(C(=O)NC2CS(=O)(=O)C2)nc1C(=O)N1CCC[C@@H]1C. The summed E-state index contributed by atoms with van der Waals surface area (Å²) in [6.45, 7) is 3.40. The molecule has 0 spiro atoms. The van der Waals surface area contributed by atoms with Gasteiger partial charge in [0.15, 0.2) is 14.8 Å². The minimum Gasteiger partial charge on any atom is -0.369 e. The van der Waals surface area contributed by atoms with E-state index in [1.165, 1.54) is 11.8 Å². The molecule has 16 heteroatoms. The first kappa shape index (κ1) is 29.3. The van der Waals surface area contributed by atoms with Gasteiger partial charge < -0.3 is 15.3 Å². The first-order valence-electron chi connectivity index (χ1n) is 11.7. The molecular weight excluding hydrogens is 576 g/mol. The molecule has 2 amide bonds. The summed E-state index contributed by atoms with van der Waals surface area (Å²) in [5.41, 5.74) is -6.89. The van der Waals surface area contributed by atoms with E-state index < -0.39 is 51.2 Å². The van der Waals surface area contributed by atoms with Crippen molar-refractivity contribution in [1.29, 1.82) is 0 Å². The van der Waals surface area contributed by atoms with Gasteiger partial charge in [0.05, 0.1) is 22.4 Å². The number of likely N-dealkylation sites (tertiary alicyclic amines) is 1. The molecule has 8 nitrogen and oxygen atoms in total. The summed E-state index contributed by atoms with van der Waals surface area (Å²) in [5.74, 6) is -1.87. The number of benzene rings is 1. The molecule has 0 saturated carbocycles. The number of hydrogen-bond donors (Lipinski definition) is 2. The topological polar surface area (TPSA) is 117 Å². The van der Waals surface area contributed by atoms with E-state index >= 15 is 0 Å². The second-order valence-corrected chi connectivity index (χ2v) is 12.8. The maximum Gasteiger partial charge on any atom is 0.430 e. The number of rotatable bonds is 5. The predicted molar refractivity (Wildman–Crippen MR) is 128 cm³/mol. The number of carbonyl (C=O) groups excluding carboxylic acids is 2. The number of nitrogens with zero attached hydrogens (tertiary/aromatic N) is 2. The molecule has 2 fully saturated rings. The van der Waals surface area contributed by atoms with Gasteiger partial charge in [0.2, 0.25) is 0 Å². The number of aromatic nitrogens is 1. The lowest BCUT2D eigenvalue weighted by atomic mass is 9.89. The summed E-state index contributed by atoms with van der Waals surface area (Å²) < 4.78 is 103. The second-order valence-electron chi connectivity index (χ2n) is 9.67. The van der Waals surface area contributed by atoms with Crippen LogP contribution in [-0.4, -0.2) is 77.7 Å². The highest BCUT2D eigenvalue weighted by Crippen LogP contribution is 2.50. The summed E-state index contributed by atoms with van der Waals surface area (Å²) in [6, 6.07) is 1.08. The van der Waals surface area contributed by atoms with Crippen LogP contribution in [0.2, 0.25) is 0 Å². The third-order valence-electron chi connectivity index (χ3n) is 6.79. The van der Waals surface area contributed by atoms with Crippen LogP contribution in [0.15, 0.2) is 18.2 Å². The first-order valence-corrected chi connectivity index (χ1v) is 14.3. The highest BCUT2D eigenvalue weighted by atomic mass is 32.2. The molecule has 1 atom stereocenters. The van der Waals surface area contributed by atoms with Crippen molar-refractivity contribution in [3.63, 3.8) is 0 Å². The fraction of sp³-hybridized carbons (Fsp3) is 0.522. The highest BCUT2D eigenvalue weighted by molar-refractivity contribution is 7.92. The van der Waals surface area contributed by atoms with Crippen molar-refractivity contribution in [3.8, 4) is 10.4 Å². The lowest BCUT2D eigenvalue weighted by molar-refractivity contribution is -0.376. The molecule has 1 aromatic carbocycles. The zero-order chi connectivity index (χ0) is 29.1. The van der Waals surface area contributed by atoms with Crippen LogP contribution in [0.25, 0.3) is 10.4 Å².